The van der Waals surface area contributed by atoms with Crippen molar-refractivity contribution in [3.05, 3.63) is 53.0 Å². The van der Waals surface area contributed by atoms with Gasteiger partial charge < -0.3 is 19.7 Å². The van der Waals surface area contributed by atoms with E-state index < -0.39 is 6.10 Å². The molecule has 1 aromatic carbocycles. The number of ether oxygens (including phenoxy) is 1. The van der Waals surface area contributed by atoms with Crippen LogP contribution in [0.5, 0.6) is 5.75 Å². The van der Waals surface area contributed by atoms with Gasteiger partial charge in [-0.15, -0.1) is 0 Å². The average molecular weight is 370 g/mol. The summed E-state index contributed by atoms with van der Waals surface area (Å²) in [5.74, 6) is 0.395. The van der Waals surface area contributed by atoms with Crippen LogP contribution in [0.1, 0.15) is 19.4 Å². The van der Waals surface area contributed by atoms with E-state index in [9.17, 15) is 5.11 Å². The number of aliphatic hydroxyl groups is 1. The van der Waals surface area contributed by atoms with Crippen molar-refractivity contribution in [3.63, 3.8) is 0 Å². The maximum Gasteiger partial charge on any atom is 0.148 e. The predicted molar refractivity (Wildman–Crippen MR) is 97.8 cm³/mol. The molecule has 7 heteroatoms. The molecule has 0 amide bonds. The fourth-order valence-corrected chi connectivity index (χ4v) is 2.44. The van der Waals surface area contributed by atoms with Gasteiger partial charge in [0.1, 0.15) is 23.5 Å². The number of nitrogens with one attached hydrogen (secondary N) is 1. The summed E-state index contributed by atoms with van der Waals surface area (Å²) < 4.78 is 7.51. The Morgan fingerprint density at radius 2 is 2.17 bits per heavy atom. The quantitative estimate of drug-likeness (QED) is 0.747. The molecule has 0 aliphatic heterocycles. The van der Waals surface area contributed by atoms with E-state index >= 15 is 0 Å². The number of hydrogen-bond donors (Lipinski definition) is 2. The molecule has 2 aromatic rings. The third-order valence-electron chi connectivity index (χ3n) is 3.36. The Balaban J connectivity index is 2.18. The van der Waals surface area contributed by atoms with Gasteiger partial charge in [-0.25, -0.2) is 4.98 Å². The molecule has 0 saturated carbocycles. The van der Waals surface area contributed by atoms with Crippen molar-refractivity contribution in [1.29, 1.82) is 0 Å². The highest BCUT2D eigenvalue weighted by Crippen LogP contribution is 2.38. The van der Waals surface area contributed by atoms with E-state index in [-0.39, 0.29) is 12.6 Å². The van der Waals surface area contributed by atoms with E-state index in [1.165, 1.54) is 0 Å². The minimum absolute atomic E-state index is 0.0873. The summed E-state index contributed by atoms with van der Waals surface area (Å²) in [6.07, 6.45) is 4.40. The van der Waals surface area contributed by atoms with E-state index in [1.54, 1.807) is 35.4 Å². The fourth-order valence-electron chi connectivity index (χ4n) is 2.07. The zero-order chi connectivity index (χ0) is 17.7. The molecule has 130 valence electrons. The molecule has 1 unspecified atom stereocenters. The first-order chi connectivity index (χ1) is 11.4. The smallest absolute Gasteiger partial charge is 0.148 e. The Bertz CT molecular complexity index is 687. The number of benzene rings is 1. The topological polar surface area (TPSA) is 59.3 Å². The van der Waals surface area contributed by atoms with Crippen molar-refractivity contribution < 1.29 is 9.84 Å². The molecule has 1 aromatic heterocycles. The maximum atomic E-state index is 10.0. The van der Waals surface area contributed by atoms with Gasteiger partial charge in [-0.2, -0.15) is 0 Å². The van der Waals surface area contributed by atoms with Crippen LogP contribution < -0.4 is 10.1 Å². The Labute approximate surface area is 151 Å². The molecule has 5 nitrogen and oxygen atoms in total. The highest BCUT2D eigenvalue weighted by molar-refractivity contribution is 6.43. The molecule has 1 heterocycles. The SMILES string of the molecule is C=C(c1ccc(Cl)c(Cl)c1OCC(O)CNC(C)C)n1ccnc1. The predicted octanol–water partition coefficient (Wildman–Crippen LogP) is 3.45. The van der Waals surface area contributed by atoms with Gasteiger partial charge in [0.15, 0.2) is 0 Å². The molecule has 0 fully saturated rings. The zero-order valence-electron chi connectivity index (χ0n) is 13.7. The minimum atomic E-state index is -0.670. The number of hydrogen-bond acceptors (Lipinski definition) is 4. The van der Waals surface area contributed by atoms with Crippen molar-refractivity contribution in [1.82, 2.24) is 14.9 Å². The highest BCUT2D eigenvalue weighted by Gasteiger charge is 2.17. The van der Waals surface area contributed by atoms with Crippen LogP contribution in [0, 0.1) is 0 Å². The first-order valence-electron chi connectivity index (χ1n) is 7.60. The van der Waals surface area contributed by atoms with E-state index in [1.807, 2.05) is 13.8 Å². The van der Waals surface area contributed by atoms with Gasteiger partial charge in [-0.05, 0) is 12.1 Å². The van der Waals surface area contributed by atoms with Crippen LogP contribution in [0.2, 0.25) is 10.0 Å². The standard InChI is InChI=1S/C17H21Cl2N3O2/c1-11(2)21-8-13(23)9-24-17-14(4-5-15(18)16(17)19)12(3)22-7-6-20-10-22/h4-7,10-11,13,21,23H,3,8-9H2,1-2H3. The van der Waals surface area contributed by atoms with Gasteiger partial charge >= 0.3 is 0 Å². The minimum Gasteiger partial charge on any atom is -0.489 e. The fraction of sp³-hybridized carbons (Fsp3) is 0.353. The maximum absolute atomic E-state index is 10.0. The van der Waals surface area contributed by atoms with Crippen LogP contribution in [0.15, 0.2) is 37.4 Å². The molecular weight excluding hydrogens is 349 g/mol. The second-order valence-corrected chi connectivity index (χ2v) is 6.47. The second-order valence-electron chi connectivity index (χ2n) is 5.68. The van der Waals surface area contributed by atoms with Gasteiger partial charge in [0.05, 0.1) is 17.0 Å². The first-order valence-corrected chi connectivity index (χ1v) is 8.35. The second kappa shape index (κ2) is 8.53. The number of halogens is 2. The van der Waals surface area contributed by atoms with E-state index in [4.69, 9.17) is 27.9 Å². The number of rotatable bonds is 8. The van der Waals surface area contributed by atoms with Crippen molar-refractivity contribution in [2.24, 2.45) is 0 Å². The molecule has 0 aliphatic rings. The van der Waals surface area contributed by atoms with Crippen LogP contribution in [0.3, 0.4) is 0 Å². The van der Waals surface area contributed by atoms with Gasteiger partial charge in [-0.3, -0.25) is 0 Å². The number of aromatic nitrogens is 2. The molecule has 2 N–H and O–H groups in total. The Hall–Kier alpha value is -1.53. The molecule has 0 bridgehead atoms. The van der Waals surface area contributed by atoms with Crippen LogP contribution in [0.4, 0.5) is 0 Å². The summed E-state index contributed by atoms with van der Waals surface area (Å²) in [7, 11) is 0. The Morgan fingerprint density at radius 3 is 2.79 bits per heavy atom. The largest absolute Gasteiger partial charge is 0.489 e. The Kier molecular flexibility index (Phi) is 6.69. The van der Waals surface area contributed by atoms with Crippen LogP contribution in [-0.4, -0.2) is 40.0 Å². The molecule has 2 rings (SSSR count). The highest BCUT2D eigenvalue weighted by atomic mass is 35.5. The zero-order valence-corrected chi connectivity index (χ0v) is 15.2. The van der Waals surface area contributed by atoms with Gasteiger partial charge in [0.25, 0.3) is 0 Å². The lowest BCUT2D eigenvalue weighted by Gasteiger charge is -2.19. The van der Waals surface area contributed by atoms with Crippen LogP contribution in [-0.2, 0) is 0 Å². The molecule has 0 aliphatic carbocycles. The average Bonchev–Trinajstić information content (AvgIpc) is 3.08. The lowest BCUT2D eigenvalue weighted by atomic mass is 10.1. The summed E-state index contributed by atoms with van der Waals surface area (Å²) >= 11 is 12.4. The molecule has 0 spiro atoms. The van der Waals surface area contributed by atoms with E-state index in [0.29, 0.717) is 33.6 Å². The molecule has 24 heavy (non-hydrogen) atoms. The number of aliphatic hydroxyl groups excluding tert-OH is 1. The third kappa shape index (κ3) is 4.74. The first kappa shape index (κ1) is 18.8. The lowest BCUT2D eigenvalue weighted by molar-refractivity contribution is 0.104. The van der Waals surface area contributed by atoms with Crippen molar-refractivity contribution >= 4 is 28.9 Å². The molecule has 1 atom stereocenters. The van der Waals surface area contributed by atoms with Crippen molar-refractivity contribution in [2.45, 2.75) is 26.0 Å². The van der Waals surface area contributed by atoms with Gasteiger partial charge in [-0.1, -0.05) is 43.6 Å². The summed E-state index contributed by atoms with van der Waals surface area (Å²) in [6, 6.07) is 3.75. The molecule has 0 saturated heterocycles. The number of imidazole rings is 1. The van der Waals surface area contributed by atoms with Crippen molar-refractivity contribution in [3.8, 4) is 5.75 Å². The summed E-state index contributed by atoms with van der Waals surface area (Å²) in [4.78, 5) is 4.01. The lowest BCUT2D eigenvalue weighted by Crippen LogP contribution is -2.35. The normalized spacial score (nSPS) is 12.4. The summed E-state index contributed by atoms with van der Waals surface area (Å²) in [5, 5.41) is 13.8. The van der Waals surface area contributed by atoms with Crippen LogP contribution in [0.25, 0.3) is 5.70 Å². The van der Waals surface area contributed by atoms with E-state index in [0.717, 1.165) is 0 Å². The van der Waals surface area contributed by atoms with Crippen molar-refractivity contribution in [2.75, 3.05) is 13.2 Å². The number of nitrogens with zero attached hydrogens (tertiary/aromatic N) is 2. The van der Waals surface area contributed by atoms with Gasteiger partial charge in [0.2, 0.25) is 0 Å². The Morgan fingerprint density at radius 1 is 1.42 bits per heavy atom. The molecular formula is C17H21Cl2N3O2. The molecule has 0 radical (unpaired) electrons. The summed E-state index contributed by atoms with van der Waals surface area (Å²) in [6.45, 7) is 8.58. The van der Waals surface area contributed by atoms with Crippen LogP contribution >= 0.6 is 23.2 Å². The summed E-state index contributed by atoms with van der Waals surface area (Å²) in [5.41, 5.74) is 1.34. The van der Waals surface area contributed by atoms with Gasteiger partial charge in [0, 0.05) is 30.5 Å². The monoisotopic (exact) mass is 369 g/mol. The van der Waals surface area contributed by atoms with E-state index in [2.05, 4.69) is 16.9 Å². The third-order valence-corrected chi connectivity index (χ3v) is 4.15.